The van der Waals surface area contributed by atoms with Crippen molar-refractivity contribution in [2.45, 2.75) is 13.3 Å². The molecule has 31 heavy (non-hydrogen) atoms. The molecule has 7 heteroatoms. The molecule has 0 aromatic heterocycles. The van der Waals surface area contributed by atoms with Crippen molar-refractivity contribution in [3.8, 4) is 0 Å². The lowest BCUT2D eigenvalue weighted by Crippen LogP contribution is -2.23. The second-order valence-electron chi connectivity index (χ2n) is 6.81. The second kappa shape index (κ2) is 10.6. The van der Waals surface area contributed by atoms with Crippen molar-refractivity contribution >= 4 is 34.9 Å². The van der Waals surface area contributed by atoms with Crippen LogP contribution >= 0.6 is 0 Å². The Balaban J connectivity index is 1.54. The summed E-state index contributed by atoms with van der Waals surface area (Å²) in [5.74, 6) is -0.428. The average Bonchev–Trinajstić information content (AvgIpc) is 2.79. The molecule has 0 aliphatic heterocycles. The summed E-state index contributed by atoms with van der Waals surface area (Å²) >= 11 is 0. The maximum absolute atomic E-state index is 12.5. The molecule has 0 saturated heterocycles. The van der Waals surface area contributed by atoms with Crippen LogP contribution in [0.5, 0.6) is 0 Å². The number of para-hydroxylation sites is 1. The number of urea groups is 1. The molecule has 0 atom stereocenters. The summed E-state index contributed by atoms with van der Waals surface area (Å²) < 4.78 is 0. The molecule has 0 aliphatic carbocycles. The van der Waals surface area contributed by atoms with Crippen LogP contribution in [0.1, 0.15) is 34.1 Å². The summed E-state index contributed by atoms with van der Waals surface area (Å²) in [6.45, 7) is 2.61. The molecule has 0 unspecified atom stereocenters. The standard InChI is InChI=1S/C24H24N4O3/c1-2-16-25-22(29)17-8-12-20(13-9-17)26-23(30)18-10-14-21(15-11-18)28-24(31)27-19-6-4-3-5-7-19/h3-15H,2,16H2,1H3,(H,25,29)(H,26,30)(H2,27,28,31). The van der Waals surface area contributed by atoms with Gasteiger partial charge in [-0.3, -0.25) is 9.59 Å². The lowest BCUT2D eigenvalue weighted by Gasteiger charge is -2.09. The van der Waals surface area contributed by atoms with Gasteiger partial charge in [-0.05, 0) is 67.1 Å². The first-order valence-corrected chi connectivity index (χ1v) is 9.98. The second-order valence-corrected chi connectivity index (χ2v) is 6.81. The van der Waals surface area contributed by atoms with Crippen LogP contribution < -0.4 is 21.3 Å². The smallest absolute Gasteiger partial charge is 0.323 e. The summed E-state index contributed by atoms with van der Waals surface area (Å²) in [6.07, 6.45) is 0.867. The first-order chi connectivity index (χ1) is 15.0. The third-order valence-electron chi connectivity index (χ3n) is 4.38. The molecule has 0 radical (unpaired) electrons. The van der Waals surface area contributed by atoms with Crippen molar-refractivity contribution in [1.29, 1.82) is 0 Å². The van der Waals surface area contributed by atoms with Gasteiger partial charge in [-0.2, -0.15) is 0 Å². The third kappa shape index (κ3) is 6.43. The fourth-order valence-corrected chi connectivity index (χ4v) is 2.77. The van der Waals surface area contributed by atoms with Crippen molar-refractivity contribution in [2.75, 3.05) is 22.5 Å². The molecular formula is C24H24N4O3. The van der Waals surface area contributed by atoms with E-state index in [0.717, 1.165) is 6.42 Å². The summed E-state index contributed by atoms with van der Waals surface area (Å²) in [5.41, 5.74) is 2.81. The normalized spacial score (nSPS) is 10.1. The summed E-state index contributed by atoms with van der Waals surface area (Å²) in [4.78, 5) is 36.4. The van der Waals surface area contributed by atoms with Gasteiger partial charge in [0, 0.05) is 34.7 Å². The first kappa shape index (κ1) is 21.6. The number of hydrogen-bond donors (Lipinski definition) is 4. The Labute approximate surface area is 180 Å². The topological polar surface area (TPSA) is 99.3 Å². The zero-order valence-corrected chi connectivity index (χ0v) is 17.1. The zero-order chi connectivity index (χ0) is 22.1. The van der Waals surface area contributed by atoms with Gasteiger partial charge >= 0.3 is 6.03 Å². The van der Waals surface area contributed by atoms with E-state index in [0.29, 0.717) is 34.7 Å². The van der Waals surface area contributed by atoms with E-state index >= 15 is 0 Å². The van der Waals surface area contributed by atoms with Crippen LogP contribution in [0.15, 0.2) is 78.9 Å². The number of hydrogen-bond acceptors (Lipinski definition) is 3. The fraction of sp³-hybridized carbons (Fsp3) is 0.125. The van der Waals surface area contributed by atoms with E-state index in [9.17, 15) is 14.4 Å². The van der Waals surface area contributed by atoms with Crippen LogP contribution in [0.3, 0.4) is 0 Å². The molecule has 3 rings (SSSR count). The molecule has 0 fully saturated rings. The van der Waals surface area contributed by atoms with E-state index in [-0.39, 0.29) is 17.8 Å². The molecule has 4 amide bonds. The largest absolute Gasteiger partial charge is 0.352 e. The molecule has 0 bridgehead atoms. The Morgan fingerprint density at radius 2 is 1.10 bits per heavy atom. The molecular weight excluding hydrogens is 392 g/mol. The number of anilines is 3. The van der Waals surface area contributed by atoms with E-state index < -0.39 is 0 Å². The van der Waals surface area contributed by atoms with Gasteiger partial charge in [0.1, 0.15) is 0 Å². The van der Waals surface area contributed by atoms with Gasteiger partial charge in [-0.15, -0.1) is 0 Å². The van der Waals surface area contributed by atoms with Crippen molar-refractivity contribution in [1.82, 2.24) is 5.32 Å². The van der Waals surface area contributed by atoms with E-state index in [1.165, 1.54) is 0 Å². The Hall–Kier alpha value is -4.13. The van der Waals surface area contributed by atoms with E-state index in [1.807, 2.05) is 25.1 Å². The van der Waals surface area contributed by atoms with Crippen molar-refractivity contribution in [2.24, 2.45) is 0 Å². The summed E-state index contributed by atoms with van der Waals surface area (Å²) in [5, 5.41) is 11.0. The number of rotatable bonds is 7. The van der Waals surface area contributed by atoms with Gasteiger partial charge < -0.3 is 21.3 Å². The minimum Gasteiger partial charge on any atom is -0.352 e. The number of benzene rings is 3. The average molecular weight is 416 g/mol. The van der Waals surface area contributed by atoms with E-state index in [4.69, 9.17) is 0 Å². The van der Waals surface area contributed by atoms with Crippen LogP contribution in [0.2, 0.25) is 0 Å². The van der Waals surface area contributed by atoms with Gasteiger partial charge in [0.25, 0.3) is 11.8 Å². The minimum absolute atomic E-state index is 0.140. The SMILES string of the molecule is CCCNC(=O)c1ccc(NC(=O)c2ccc(NC(=O)Nc3ccccc3)cc2)cc1. The lowest BCUT2D eigenvalue weighted by atomic mass is 10.1. The minimum atomic E-state index is -0.369. The highest BCUT2D eigenvalue weighted by molar-refractivity contribution is 6.05. The Morgan fingerprint density at radius 3 is 1.65 bits per heavy atom. The molecule has 0 saturated carbocycles. The molecule has 158 valence electrons. The molecule has 0 spiro atoms. The van der Waals surface area contributed by atoms with Crippen molar-refractivity contribution < 1.29 is 14.4 Å². The predicted molar refractivity (Wildman–Crippen MR) is 123 cm³/mol. The van der Waals surface area contributed by atoms with Crippen LogP contribution in [0.25, 0.3) is 0 Å². The molecule has 4 N–H and O–H groups in total. The molecule has 7 nitrogen and oxygen atoms in total. The van der Waals surface area contributed by atoms with Gasteiger partial charge in [0.2, 0.25) is 0 Å². The maximum Gasteiger partial charge on any atom is 0.323 e. The summed E-state index contributed by atoms with van der Waals surface area (Å²) in [6, 6.07) is 22.0. The molecule has 3 aromatic carbocycles. The van der Waals surface area contributed by atoms with Crippen molar-refractivity contribution in [3.63, 3.8) is 0 Å². The number of amides is 4. The molecule has 0 heterocycles. The quantitative estimate of drug-likeness (QED) is 0.448. The third-order valence-corrected chi connectivity index (χ3v) is 4.38. The lowest BCUT2D eigenvalue weighted by molar-refractivity contribution is 0.0953. The van der Waals surface area contributed by atoms with Gasteiger partial charge in [-0.1, -0.05) is 25.1 Å². The maximum atomic E-state index is 12.5. The van der Waals surface area contributed by atoms with E-state index in [1.54, 1.807) is 60.7 Å². The summed E-state index contributed by atoms with van der Waals surface area (Å²) in [7, 11) is 0. The Morgan fingerprint density at radius 1 is 0.613 bits per heavy atom. The van der Waals surface area contributed by atoms with Crippen molar-refractivity contribution in [3.05, 3.63) is 90.0 Å². The molecule has 3 aromatic rings. The van der Waals surface area contributed by atoms with Crippen LogP contribution in [-0.4, -0.2) is 24.4 Å². The predicted octanol–water partition coefficient (Wildman–Crippen LogP) is 4.72. The van der Waals surface area contributed by atoms with Gasteiger partial charge in [0.15, 0.2) is 0 Å². The van der Waals surface area contributed by atoms with Gasteiger partial charge in [-0.25, -0.2) is 4.79 Å². The zero-order valence-electron chi connectivity index (χ0n) is 17.1. The molecule has 0 aliphatic rings. The monoisotopic (exact) mass is 416 g/mol. The highest BCUT2D eigenvalue weighted by Gasteiger charge is 2.09. The highest BCUT2D eigenvalue weighted by Crippen LogP contribution is 2.14. The van der Waals surface area contributed by atoms with E-state index in [2.05, 4.69) is 21.3 Å². The van der Waals surface area contributed by atoms with Crippen LogP contribution in [0.4, 0.5) is 21.9 Å². The fourth-order valence-electron chi connectivity index (χ4n) is 2.77. The number of carbonyl (C=O) groups excluding carboxylic acids is 3. The number of nitrogens with one attached hydrogen (secondary N) is 4. The number of carbonyl (C=O) groups is 3. The Kier molecular flexibility index (Phi) is 7.37. The highest BCUT2D eigenvalue weighted by atomic mass is 16.2. The van der Waals surface area contributed by atoms with Crippen LogP contribution in [0, 0.1) is 0 Å². The van der Waals surface area contributed by atoms with Gasteiger partial charge in [0.05, 0.1) is 0 Å². The van der Waals surface area contributed by atoms with Crippen LogP contribution in [-0.2, 0) is 0 Å². The Bertz CT molecular complexity index is 1030. The first-order valence-electron chi connectivity index (χ1n) is 9.98.